The molecule has 1 heterocycles. The van der Waals surface area contributed by atoms with Crippen LogP contribution < -0.4 is 10.6 Å². The highest BCUT2D eigenvalue weighted by atomic mass is 35.5. The molecule has 0 radical (unpaired) electrons. The van der Waals surface area contributed by atoms with E-state index in [-0.39, 0.29) is 12.3 Å². The van der Waals surface area contributed by atoms with E-state index < -0.39 is 5.92 Å². The van der Waals surface area contributed by atoms with E-state index in [4.69, 9.17) is 11.6 Å². The number of amides is 1. The lowest BCUT2D eigenvalue weighted by Gasteiger charge is -2.12. The third-order valence-corrected chi connectivity index (χ3v) is 5.25. The quantitative estimate of drug-likeness (QED) is 0.457. The first kappa shape index (κ1) is 22.7. The molecule has 0 saturated heterocycles. The van der Waals surface area contributed by atoms with E-state index in [0.717, 1.165) is 36.1 Å². The van der Waals surface area contributed by atoms with Gasteiger partial charge in [0.15, 0.2) is 5.82 Å². The zero-order valence-corrected chi connectivity index (χ0v) is 18.5. The van der Waals surface area contributed by atoms with Gasteiger partial charge in [-0.05, 0) is 49.4 Å². The molecule has 31 heavy (non-hydrogen) atoms. The van der Waals surface area contributed by atoms with E-state index in [1.807, 2.05) is 30.3 Å². The van der Waals surface area contributed by atoms with Gasteiger partial charge in [-0.15, -0.1) is 5.10 Å². The molecule has 0 bridgehead atoms. The van der Waals surface area contributed by atoms with Crippen molar-refractivity contribution < 1.29 is 9.59 Å². The highest BCUT2D eigenvalue weighted by Crippen LogP contribution is 2.28. The molecule has 1 atom stereocenters. The zero-order valence-electron chi connectivity index (χ0n) is 17.8. The van der Waals surface area contributed by atoms with Crippen molar-refractivity contribution in [3.63, 3.8) is 0 Å². The second kappa shape index (κ2) is 10.9. The molecule has 2 aromatic carbocycles. The molecule has 1 amide bonds. The van der Waals surface area contributed by atoms with E-state index in [1.54, 1.807) is 23.9 Å². The molecule has 0 fully saturated rings. The van der Waals surface area contributed by atoms with Gasteiger partial charge in [0.25, 0.3) is 0 Å². The maximum absolute atomic E-state index is 12.7. The monoisotopic (exact) mass is 438 g/mol. The van der Waals surface area contributed by atoms with Gasteiger partial charge < -0.3 is 15.4 Å². The Labute approximate surface area is 187 Å². The maximum atomic E-state index is 12.7. The smallest absolute Gasteiger partial charge is 0.230 e. The number of nitrogens with zero attached hydrogens (tertiary/aromatic N) is 2. The van der Waals surface area contributed by atoms with Crippen LogP contribution in [0.4, 0.5) is 5.82 Å². The minimum atomic E-state index is -0.459. The second-order valence-electron chi connectivity index (χ2n) is 7.40. The number of anilines is 1. The van der Waals surface area contributed by atoms with Gasteiger partial charge in [-0.1, -0.05) is 43.1 Å². The fourth-order valence-electron chi connectivity index (χ4n) is 3.48. The number of aromatic nitrogens is 2. The summed E-state index contributed by atoms with van der Waals surface area (Å²) in [6, 6.07) is 17.6. The van der Waals surface area contributed by atoms with Crippen LogP contribution in [0.2, 0.25) is 5.02 Å². The number of halogens is 1. The van der Waals surface area contributed by atoms with Crippen molar-refractivity contribution >= 4 is 29.6 Å². The van der Waals surface area contributed by atoms with Crippen LogP contribution in [0, 0.1) is 5.92 Å². The molecule has 2 N–H and O–H groups in total. The minimum absolute atomic E-state index is 0.149. The fraction of sp³-hybridized carbons (Fsp3) is 0.292. The molecule has 3 rings (SSSR count). The molecule has 1 aromatic heterocycles. The van der Waals surface area contributed by atoms with Crippen LogP contribution in [0.15, 0.2) is 54.6 Å². The lowest BCUT2D eigenvalue weighted by molar-refractivity contribution is -0.122. The van der Waals surface area contributed by atoms with Crippen molar-refractivity contribution in [2.45, 2.75) is 26.2 Å². The van der Waals surface area contributed by atoms with Gasteiger partial charge >= 0.3 is 0 Å². The van der Waals surface area contributed by atoms with Crippen LogP contribution in [0.3, 0.4) is 0 Å². The number of benzene rings is 2. The molecule has 7 heteroatoms. The van der Waals surface area contributed by atoms with Crippen LogP contribution in [0.25, 0.3) is 16.9 Å². The van der Waals surface area contributed by atoms with Crippen molar-refractivity contribution in [1.82, 2.24) is 15.1 Å². The van der Waals surface area contributed by atoms with Crippen molar-refractivity contribution in [1.29, 1.82) is 0 Å². The average molecular weight is 439 g/mol. The molecule has 0 saturated carbocycles. The Morgan fingerprint density at radius 1 is 1.19 bits per heavy atom. The summed E-state index contributed by atoms with van der Waals surface area (Å²) in [6.07, 6.45) is 2.96. The van der Waals surface area contributed by atoms with Gasteiger partial charge in [0.05, 0.1) is 17.3 Å². The molecule has 162 valence electrons. The Hall–Kier alpha value is -2.96. The Bertz CT molecular complexity index is 1030. The summed E-state index contributed by atoms with van der Waals surface area (Å²) >= 11 is 6.06. The lowest BCUT2D eigenvalue weighted by atomic mass is 10.0. The van der Waals surface area contributed by atoms with Gasteiger partial charge in [-0.3, -0.25) is 4.79 Å². The normalized spacial score (nSPS) is 11.8. The van der Waals surface area contributed by atoms with Crippen molar-refractivity contribution in [2.75, 3.05) is 18.9 Å². The van der Waals surface area contributed by atoms with Gasteiger partial charge in [0.1, 0.15) is 6.29 Å². The number of nitrogens with one attached hydrogen (secondary N) is 2. The van der Waals surface area contributed by atoms with Crippen molar-refractivity contribution in [3.05, 3.63) is 65.2 Å². The first-order valence-electron chi connectivity index (χ1n) is 10.4. The topological polar surface area (TPSA) is 76.0 Å². The number of aldehydes is 1. The largest absolute Gasteiger partial charge is 0.319 e. The molecule has 1 unspecified atom stereocenters. The zero-order chi connectivity index (χ0) is 22.2. The SMILES string of the molecule is CCCc1cccc(-c2cc(NC(=O)C(CC=O)CNC)nn2-c2ccc(Cl)cc2)c1. The highest BCUT2D eigenvalue weighted by Gasteiger charge is 2.20. The first-order valence-corrected chi connectivity index (χ1v) is 10.8. The summed E-state index contributed by atoms with van der Waals surface area (Å²) < 4.78 is 1.80. The third-order valence-electron chi connectivity index (χ3n) is 5.00. The summed E-state index contributed by atoms with van der Waals surface area (Å²) in [5, 5.41) is 11.1. The summed E-state index contributed by atoms with van der Waals surface area (Å²) in [5.41, 5.74) is 3.94. The molecule has 0 aliphatic carbocycles. The second-order valence-corrected chi connectivity index (χ2v) is 7.84. The summed E-state index contributed by atoms with van der Waals surface area (Å²) in [7, 11) is 1.75. The van der Waals surface area contributed by atoms with E-state index in [0.29, 0.717) is 17.4 Å². The number of carbonyl (C=O) groups is 2. The summed E-state index contributed by atoms with van der Waals surface area (Å²) in [6.45, 7) is 2.56. The molecule has 0 aliphatic heterocycles. The predicted molar refractivity (Wildman–Crippen MR) is 125 cm³/mol. The summed E-state index contributed by atoms with van der Waals surface area (Å²) in [5.74, 6) is -0.268. The number of rotatable bonds is 10. The Morgan fingerprint density at radius 3 is 2.65 bits per heavy atom. The average Bonchev–Trinajstić information content (AvgIpc) is 3.18. The predicted octanol–water partition coefficient (Wildman–Crippen LogP) is 4.51. The van der Waals surface area contributed by atoms with Crippen molar-refractivity contribution in [2.24, 2.45) is 5.92 Å². The van der Waals surface area contributed by atoms with Crippen molar-refractivity contribution in [3.8, 4) is 16.9 Å². The van der Waals surface area contributed by atoms with Crippen LogP contribution in [0.5, 0.6) is 0 Å². The lowest BCUT2D eigenvalue weighted by Crippen LogP contribution is -2.31. The molecular formula is C24H27ClN4O2. The van der Waals surface area contributed by atoms with E-state index in [1.165, 1.54) is 5.56 Å². The third kappa shape index (κ3) is 5.81. The molecule has 6 nitrogen and oxygen atoms in total. The fourth-order valence-corrected chi connectivity index (χ4v) is 3.60. The van der Waals surface area contributed by atoms with Gasteiger partial charge in [0.2, 0.25) is 5.91 Å². The number of carbonyl (C=O) groups excluding carboxylic acids is 2. The standard InChI is InChI=1S/C24H27ClN4O2/c1-3-5-17-6-4-7-18(14-17)22-15-23(27-24(31)19(12-13-30)16-26-2)28-29(22)21-10-8-20(25)9-11-21/h4,6-11,13-15,19,26H,3,5,12,16H2,1-2H3,(H,27,28,31). The number of aryl methyl sites for hydroxylation is 1. The van der Waals surface area contributed by atoms with Gasteiger partial charge in [-0.25, -0.2) is 4.68 Å². The molecule has 3 aromatic rings. The van der Waals surface area contributed by atoms with Gasteiger partial charge in [0, 0.05) is 29.6 Å². The minimum Gasteiger partial charge on any atom is -0.319 e. The highest BCUT2D eigenvalue weighted by molar-refractivity contribution is 6.30. The Balaban J connectivity index is 2.00. The van der Waals surface area contributed by atoms with Crippen LogP contribution in [-0.2, 0) is 16.0 Å². The first-order chi connectivity index (χ1) is 15.0. The molecule has 0 spiro atoms. The van der Waals surface area contributed by atoms with Gasteiger partial charge in [-0.2, -0.15) is 0 Å². The number of hydrogen-bond donors (Lipinski definition) is 2. The maximum Gasteiger partial charge on any atom is 0.230 e. The Kier molecular flexibility index (Phi) is 7.98. The molecular weight excluding hydrogens is 412 g/mol. The van der Waals surface area contributed by atoms with Crippen LogP contribution >= 0.6 is 11.6 Å². The van der Waals surface area contributed by atoms with Crippen LogP contribution in [0.1, 0.15) is 25.3 Å². The van der Waals surface area contributed by atoms with E-state index in [9.17, 15) is 9.59 Å². The Morgan fingerprint density at radius 2 is 1.97 bits per heavy atom. The van der Waals surface area contributed by atoms with E-state index >= 15 is 0 Å². The number of hydrogen-bond acceptors (Lipinski definition) is 4. The molecule has 0 aliphatic rings. The van der Waals surface area contributed by atoms with Crippen LogP contribution in [-0.4, -0.2) is 35.6 Å². The summed E-state index contributed by atoms with van der Waals surface area (Å²) in [4.78, 5) is 23.6. The van der Waals surface area contributed by atoms with E-state index in [2.05, 4.69) is 34.8 Å².